The number of hydrogen-bond acceptors (Lipinski definition) is 9. The minimum atomic E-state index is -4.73. The summed E-state index contributed by atoms with van der Waals surface area (Å²) < 4.78 is 32.5. The molecular weight excluding hydrogens is 685 g/mol. The van der Waals surface area contributed by atoms with Crippen LogP contribution < -0.4 is 5.73 Å². The molecule has 0 saturated heterocycles. The molecule has 298 valence electrons. The zero-order valence-corrected chi connectivity index (χ0v) is 32.8. The number of carbonyl (C=O) groups excluding carboxylic acids is 2. The highest BCUT2D eigenvalue weighted by molar-refractivity contribution is 7.47. The summed E-state index contributed by atoms with van der Waals surface area (Å²) in [6.07, 6.45) is 38.8. The largest absolute Gasteiger partial charge is 0.480 e. The zero-order valence-electron chi connectivity index (χ0n) is 31.9. The topological polar surface area (TPSA) is 172 Å². The van der Waals surface area contributed by atoms with Gasteiger partial charge in [0.05, 0.1) is 13.2 Å². The van der Waals surface area contributed by atoms with Gasteiger partial charge in [-0.2, -0.15) is 0 Å². The maximum absolute atomic E-state index is 12.5. The Bertz CT molecular complexity index is 1120. The normalized spacial score (nSPS) is 14.5. The Morgan fingerprint density at radius 1 is 0.615 bits per heavy atom. The second-order valence-electron chi connectivity index (χ2n) is 12.7. The molecule has 3 unspecified atom stereocenters. The fourth-order valence-corrected chi connectivity index (χ4v) is 5.50. The van der Waals surface area contributed by atoms with Crippen LogP contribution in [0.15, 0.2) is 60.8 Å². The van der Waals surface area contributed by atoms with Crippen molar-refractivity contribution in [3.63, 3.8) is 0 Å². The third-order valence-electron chi connectivity index (χ3n) is 7.76. The number of unbranched alkanes of at least 4 members (excludes halogenated alkanes) is 11. The highest BCUT2D eigenvalue weighted by atomic mass is 31.2. The van der Waals surface area contributed by atoms with Crippen LogP contribution in [0, 0.1) is 0 Å². The van der Waals surface area contributed by atoms with Crippen molar-refractivity contribution in [2.45, 2.75) is 154 Å². The van der Waals surface area contributed by atoms with E-state index in [0.717, 1.165) is 64.2 Å². The van der Waals surface area contributed by atoms with Gasteiger partial charge in [-0.05, 0) is 64.2 Å². The van der Waals surface area contributed by atoms with Crippen LogP contribution in [0.2, 0.25) is 0 Å². The Hall–Kier alpha value is -2.82. The first-order valence-corrected chi connectivity index (χ1v) is 20.8. The molecule has 0 saturated carbocycles. The summed E-state index contributed by atoms with van der Waals surface area (Å²) in [5.74, 6) is -2.50. The van der Waals surface area contributed by atoms with E-state index in [2.05, 4.69) is 60.9 Å². The van der Waals surface area contributed by atoms with Gasteiger partial charge < -0.3 is 25.2 Å². The van der Waals surface area contributed by atoms with E-state index in [1.54, 1.807) is 0 Å². The average molecular weight is 754 g/mol. The van der Waals surface area contributed by atoms with Crippen molar-refractivity contribution in [3.05, 3.63) is 60.8 Å². The molecule has 4 N–H and O–H groups in total. The molecule has 0 aliphatic heterocycles. The van der Waals surface area contributed by atoms with Crippen molar-refractivity contribution in [3.8, 4) is 0 Å². The predicted octanol–water partition coefficient (Wildman–Crippen LogP) is 9.61. The molecular formula is C40H68NO10P. The lowest BCUT2D eigenvalue weighted by Crippen LogP contribution is -2.34. The number of phosphoric acid groups is 1. The summed E-state index contributed by atoms with van der Waals surface area (Å²) in [6.45, 7) is 2.57. The Labute approximate surface area is 313 Å². The van der Waals surface area contributed by atoms with Gasteiger partial charge in [-0.25, -0.2) is 4.57 Å². The highest BCUT2D eigenvalue weighted by Gasteiger charge is 2.28. The molecule has 0 aromatic rings. The number of hydrogen-bond donors (Lipinski definition) is 3. The molecule has 0 rings (SSSR count). The van der Waals surface area contributed by atoms with E-state index in [0.29, 0.717) is 12.8 Å². The van der Waals surface area contributed by atoms with Gasteiger partial charge in [0.25, 0.3) is 0 Å². The maximum Gasteiger partial charge on any atom is 0.472 e. The number of rotatable bonds is 35. The molecule has 0 bridgehead atoms. The molecule has 0 aromatic heterocycles. The van der Waals surface area contributed by atoms with E-state index in [1.807, 2.05) is 18.2 Å². The standard InChI is InChI=1S/C40H68NO10P/c1-3-5-7-9-11-13-15-17-18-20-21-23-25-27-29-31-38(42)48-33-36(34-49-52(46,47)50-35-37(41)40(44)45)51-39(43)32-30-28-26-24-22-19-16-14-12-10-8-6-4-2/h6,8,12,14,17-19,22,26,28,36-37H,3-5,7,9-11,13,15-16,20-21,23-25,27,29-35,41H2,1-2H3,(H,44,45)(H,46,47)/b8-6-,14-12-,18-17-,22-19-,28-26-. The minimum Gasteiger partial charge on any atom is -0.480 e. The molecule has 0 aliphatic rings. The number of carboxylic acids is 1. The number of nitrogens with two attached hydrogens (primary N) is 1. The monoisotopic (exact) mass is 753 g/mol. The molecule has 0 heterocycles. The van der Waals surface area contributed by atoms with E-state index < -0.39 is 51.1 Å². The summed E-state index contributed by atoms with van der Waals surface area (Å²) in [4.78, 5) is 45.7. The lowest BCUT2D eigenvalue weighted by atomic mass is 10.1. The molecule has 0 aromatic carbocycles. The Morgan fingerprint density at radius 2 is 1.12 bits per heavy atom. The van der Waals surface area contributed by atoms with Crippen LogP contribution in [0.4, 0.5) is 0 Å². The van der Waals surface area contributed by atoms with Crippen molar-refractivity contribution in [2.24, 2.45) is 5.73 Å². The summed E-state index contributed by atoms with van der Waals surface area (Å²) >= 11 is 0. The van der Waals surface area contributed by atoms with Crippen LogP contribution in [-0.4, -0.2) is 59.9 Å². The van der Waals surface area contributed by atoms with Crippen LogP contribution >= 0.6 is 7.82 Å². The molecule has 3 atom stereocenters. The highest BCUT2D eigenvalue weighted by Crippen LogP contribution is 2.43. The smallest absolute Gasteiger partial charge is 0.472 e. The van der Waals surface area contributed by atoms with Gasteiger partial charge in [0.15, 0.2) is 6.10 Å². The summed E-state index contributed by atoms with van der Waals surface area (Å²) in [5, 5.41) is 8.86. The van der Waals surface area contributed by atoms with Crippen LogP contribution in [0.5, 0.6) is 0 Å². The van der Waals surface area contributed by atoms with Crippen molar-refractivity contribution in [1.29, 1.82) is 0 Å². The number of aliphatic carboxylic acids is 1. The van der Waals surface area contributed by atoms with Crippen molar-refractivity contribution >= 4 is 25.7 Å². The first-order valence-electron chi connectivity index (χ1n) is 19.3. The molecule has 0 aliphatic carbocycles. The number of esters is 2. The van der Waals surface area contributed by atoms with Crippen LogP contribution in [-0.2, 0) is 37.5 Å². The third kappa shape index (κ3) is 34.3. The summed E-state index contributed by atoms with van der Waals surface area (Å²) in [7, 11) is -4.73. The predicted molar refractivity (Wildman–Crippen MR) is 208 cm³/mol. The Balaban J connectivity index is 4.55. The minimum absolute atomic E-state index is 0.0361. The van der Waals surface area contributed by atoms with Crippen molar-refractivity contribution < 1.29 is 47.5 Å². The third-order valence-corrected chi connectivity index (χ3v) is 8.71. The number of carboxylic acid groups (broad SMARTS) is 1. The number of carbonyl (C=O) groups is 3. The van der Waals surface area contributed by atoms with Crippen LogP contribution in [0.3, 0.4) is 0 Å². The van der Waals surface area contributed by atoms with E-state index in [9.17, 15) is 23.8 Å². The Morgan fingerprint density at radius 3 is 1.69 bits per heavy atom. The maximum atomic E-state index is 12.5. The van der Waals surface area contributed by atoms with E-state index in [-0.39, 0.29) is 19.4 Å². The number of phosphoric ester groups is 1. The summed E-state index contributed by atoms with van der Waals surface area (Å²) in [5.41, 5.74) is 5.31. The molecule has 11 nitrogen and oxygen atoms in total. The lowest BCUT2D eigenvalue weighted by molar-refractivity contribution is -0.161. The molecule has 52 heavy (non-hydrogen) atoms. The Kier molecular flexibility index (Phi) is 33.3. The SMILES string of the molecule is CC/C=C\C/C=C\C/C=C\C/C=C\CCC(=O)OC(COC(=O)CCCCCCC/C=C\CCCCCCCC)COP(=O)(O)OCC(N)C(=O)O. The van der Waals surface area contributed by atoms with Crippen molar-refractivity contribution in [2.75, 3.05) is 19.8 Å². The molecule has 0 fully saturated rings. The quantitative estimate of drug-likeness (QED) is 0.0244. The van der Waals surface area contributed by atoms with Crippen LogP contribution in [0.1, 0.15) is 142 Å². The molecule has 0 radical (unpaired) electrons. The van der Waals surface area contributed by atoms with Crippen LogP contribution in [0.25, 0.3) is 0 Å². The lowest BCUT2D eigenvalue weighted by Gasteiger charge is -2.20. The number of ether oxygens (including phenoxy) is 2. The van der Waals surface area contributed by atoms with Crippen molar-refractivity contribution in [1.82, 2.24) is 0 Å². The zero-order chi connectivity index (χ0) is 38.5. The van der Waals surface area contributed by atoms with Gasteiger partial charge in [0, 0.05) is 12.8 Å². The van der Waals surface area contributed by atoms with Gasteiger partial charge in [-0.1, -0.05) is 126 Å². The van der Waals surface area contributed by atoms with Gasteiger partial charge in [0.1, 0.15) is 12.6 Å². The average Bonchev–Trinajstić information content (AvgIpc) is 3.12. The first-order chi connectivity index (χ1) is 25.1. The second-order valence-corrected chi connectivity index (χ2v) is 14.1. The van der Waals surface area contributed by atoms with E-state index in [4.69, 9.17) is 24.8 Å². The first kappa shape index (κ1) is 49.2. The number of allylic oxidation sites excluding steroid dienone is 10. The fourth-order valence-electron chi connectivity index (χ4n) is 4.72. The molecule has 0 amide bonds. The fraction of sp³-hybridized carbons (Fsp3) is 0.675. The van der Waals surface area contributed by atoms with Gasteiger partial charge in [-0.15, -0.1) is 0 Å². The van der Waals surface area contributed by atoms with E-state index >= 15 is 0 Å². The molecule has 12 heteroatoms. The van der Waals surface area contributed by atoms with Gasteiger partial charge in [0.2, 0.25) is 0 Å². The summed E-state index contributed by atoms with van der Waals surface area (Å²) in [6, 6.07) is -1.53. The van der Waals surface area contributed by atoms with E-state index in [1.165, 1.54) is 38.5 Å². The van der Waals surface area contributed by atoms with Gasteiger partial charge >= 0.3 is 25.7 Å². The second kappa shape index (κ2) is 35.2. The molecule has 0 spiro atoms. The van der Waals surface area contributed by atoms with Gasteiger partial charge in [-0.3, -0.25) is 23.4 Å².